The summed E-state index contributed by atoms with van der Waals surface area (Å²) in [6, 6.07) is 0. The van der Waals surface area contributed by atoms with Crippen LogP contribution < -0.4 is 0 Å². The fourth-order valence-corrected chi connectivity index (χ4v) is 5.74. The third-order valence-electron chi connectivity index (χ3n) is 8.92. The molecular weight excluding hydrogens is 568 g/mol. The van der Waals surface area contributed by atoms with Crippen LogP contribution in [0.5, 0.6) is 0 Å². The molecule has 46 heavy (non-hydrogen) atoms. The van der Waals surface area contributed by atoms with Crippen molar-refractivity contribution in [3.05, 3.63) is 0 Å². The van der Waals surface area contributed by atoms with Crippen molar-refractivity contribution in [3.63, 3.8) is 0 Å². The summed E-state index contributed by atoms with van der Waals surface area (Å²) in [5, 5.41) is 0. The largest absolute Gasteiger partial charge is 0.466 e. The molecule has 0 bridgehead atoms. The van der Waals surface area contributed by atoms with E-state index in [1.165, 1.54) is 167 Å². The SMILES string of the molecule is CCCCCCCCCCCC(=O)OCCCCCC.CCCCCCCCCCCCCCCC(=O)OCCCCCC(C)C. The van der Waals surface area contributed by atoms with Gasteiger partial charge >= 0.3 is 11.9 Å². The van der Waals surface area contributed by atoms with Gasteiger partial charge in [0.15, 0.2) is 0 Å². The number of carbonyl (C=O) groups excluding carboxylic acids is 2. The maximum absolute atomic E-state index is 11.7. The molecule has 0 amide bonds. The number of carbonyl (C=O) groups is 2. The molecular formula is C42H84O4. The first-order valence-corrected chi connectivity index (χ1v) is 20.8. The van der Waals surface area contributed by atoms with Gasteiger partial charge in [-0.1, -0.05) is 202 Å². The molecule has 0 unspecified atom stereocenters. The summed E-state index contributed by atoms with van der Waals surface area (Å²) >= 11 is 0. The molecule has 0 radical (unpaired) electrons. The van der Waals surface area contributed by atoms with E-state index in [1.807, 2.05) is 0 Å². The highest BCUT2D eigenvalue weighted by Gasteiger charge is 2.04. The van der Waals surface area contributed by atoms with Gasteiger partial charge in [0.1, 0.15) is 0 Å². The number of esters is 2. The number of hydrogen-bond acceptors (Lipinski definition) is 4. The second-order valence-electron chi connectivity index (χ2n) is 14.3. The molecule has 0 saturated heterocycles. The topological polar surface area (TPSA) is 52.6 Å². The predicted octanol–water partition coefficient (Wildman–Crippen LogP) is 14.3. The zero-order valence-electron chi connectivity index (χ0n) is 32.3. The van der Waals surface area contributed by atoms with Crippen LogP contribution in [0.3, 0.4) is 0 Å². The van der Waals surface area contributed by atoms with Gasteiger partial charge in [-0.2, -0.15) is 0 Å². The van der Waals surface area contributed by atoms with Crippen LogP contribution in [0.15, 0.2) is 0 Å². The molecule has 0 aromatic rings. The van der Waals surface area contributed by atoms with E-state index >= 15 is 0 Å². The van der Waals surface area contributed by atoms with Crippen LogP contribution in [0.4, 0.5) is 0 Å². The number of rotatable bonds is 35. The summed E-state index contributed by atoms with van der Waals surface area (Å²) < 4.78 is 10.5. The zero-order valence-corrected chi connectivity index (χ0v) is 32.3. The van der Waals surface area contributed by atoms with Crippen molar-refractivity contribution in [1.82, 2.24) is 0 Å². The minimum absolute atomic E-state index is 0.00412. The molecule has 0 aromatic heterocycles. The Morgan fingerprint density at radius 3 is 0.935 bits per heavy atom. The van der Waals surface area contributed by atoms with Gasteiger partial charge in [0.25, 0.3) is 0 Å². The van der Waals surface area contributed by atoms with E-state index in [4.69, 9.17) is 9.47 Å². The summed E-state index contributed by atoms with van der Waals surface area (Å²) in [7, 11) is 0. The quantitative estimate of drug-likeness (QED) is 0.0505. The first-order chi connectivity index (χ1) is 22.5. The molecule has 0 spiro atoms. The lowest BCUT2D eigenvalue weighted by atomic mass is 10.0. The van der Waals surface area contributed by atoms with E-state index in [0.717, 1.165) is 31.6 Å². The average Bonchev–Trinajstić information content (AvgIpc) is 3.04. The Balaban J connectivity index is 0. The molecule has 0 aliphatic carbocycles. The third kappa shape index (κ3) is 45.1. The number of ether oxygens (including phenoxy) is 2. The first-order valence-electron chi connectivity index (χ1n) is 20.8. The molecule has 0 atom stereocenters. The lowest BCUT2D eigenvalue weighted by molar-refractivity contribution is -0.144. The van der Waals surface area contributed by atoms with Crippen LogP contribution >= 0.6 is 0 Å². The average molecular weight is 653 g/mol. The van der Waals surface area contributed by atoms with Gasteiger partial charge in [0.2, 0.25) is 0 Å². The van der Waals surface area contributed by atoms with Crippen LogP contribution in [0.2, 0.25) is 0 Å². The van der Waals surface area contributed by atoms with Gasteiger partial charge in [-0.05, 0) is 31.6 Å². The smallest absolute Gasteiger partial charge is 0.305 e. The molecule has 0 aliphatic rings. The van der Waals surface area contributed by atoms with Crippen LogP contribution in [0.25, 0.3) is 0 Å². The van der Waals surface area contributed by atoms with E-state index in [9.17, 15) is 9.59 Å². The molecule has 0 rings (SSSR count). The van der Waals surface area contributed by atoms with Crippen molar-refractivity contribution in [1.29, 1.82) is 0 Å². The van der Waals surface area contributed by atoms with E-state index in [2.05, 4.69) is 34.6 Å². The highest BCUT2D eigenvalue weighted by Crippen LogP contribution is 2.14. The third-order valence-corrected chi connectivity index (χ3v) is 8.92. The van der Waals surface area contributed by atoms with Crippen molar-refractivity contribution in [2.75, 3.05) is 13.2 Å². The maximum atomic E-state index is 11.7. The van der Waals surface area contributed by atoms with E-state index in [0.29, 0.717) is 26.1 Å². The predicted molar refractivity (Wildman–Crippen MR) is 202 cm³/mol. The van der Waals surface area contributed by atoms with Crippen molar-refractivity contribution in [3.8, 4) is 0 Å². The van der Waals surface area contributed by atoms with Crippen LogP contribution in [0, 0.1) is 5.92 Å². The van der Waals surface area contributed by atoms with Crippen molar-refractivity contribution >= 4 is 11.9 Å². The Morgan fingerprint density at radius 1 is 0.370 bits per heavy atom. The molecule has 0 fully saturated rings. The second-order valence-corrected chi connectivity index (χ2v) is 14.3. The highest BCUT2D eigenvalue weighted by atomic mass is 16.5. The zero-order chi connectivity index (χ0) is 34.2. The monoisotopic (exact) mass is 653 g/mol. The number of hydrogen-bond donors (Lipinski definition) is 0. The van der Waals surface area contributed by atoms with Crippen molar-refractivity contribution in [2.45, 2.75) is 240 Å². The summed E-state index contributed by atoms with van der Waals surface area (Å²) in [6.07, 6.45) is 39.7. The molecule has 0 heterocycles. The summed E-state index contributed by atoms with van der Waals surface area (Å²) in [5.41, 5.74) is 0. The van der Waals surface area contributed by atoms with Crippen LogP contribution in [0.1, 0.15) is 240 Å². The molecule has 0 aromatic carbocycles. The minimum atomic E-state index is 0.00412. The van der Waals surface area contributed by atoms with Crippen LogP contribution in [-0.4, -0.2) is 25.2 Å². The molecule has 4 heteroatoms. The minimum Gasteiger partial charge on any atom is -0.466 e. The standard InChI is InChI=1S/C24H48O2.C18H36O2/c1-4-5-6-7-8-9-10-11-12-13-14-15-18-21-24(25)26-22-19-16-17-20-23(2)3;1-3-5-7-9-10-11-12-13-14-16-18(19)20-17-15-8-6-4-2/h23H,4-22H2,1-3H3;3-17H2,1-2H3. The van der Waals surface area contributed by atoms with Gasteiger partial charge in [0.05, 0.1) is 13.2 Å². The lowest BCUT2D eigenvalue weighted by Crippen LogP contribution is -2.05. The summed E-state index contributed by atoms with van der Waals surface area (Å²) in [5.74, 6) is 0.800. The van der Waals surface area contributed by atoms with Crippen LogP contribution in [-0.2, 0) is 19.1 Å². The summed E-state index contributed by atoms with van der Waals surface area (Å²) in [6.45, 7) is 12.5. The van der Waals surface area contributed by atoms with Crippen molar-refractivity contribution < 1.29 is 19.1 Å². The van der Waals surface area contributed by atoms with E-state index < -0.39 is 0 Å². The summed E-state index contributed by atoms with van der Waals surface area (Å²) in [4.78, 5) is 23.1. The molecule has 276 valence electrons. The Bertz CT molecular complexity index is 588. The van der Waals surface area contributed by atoms with Gasteiger partial charge in [0, 0.05) is 12.8 Å². The van der Waals surface area contributed by atoms with Crippen molar-refractivity contribution in [2.24, 2.45) is 5.92 Å². The Kier molecular flexibility index (Phi) is 42.9. The Hall–Kier alpha value is -1.06. The Morgan fingerprint density at radius 2 is 0.630 bits per heavy atom. The van der Waals surface area contributed by atoms with E-state index in [-0.39, 0.29) is 11.9 Å². The van der Waals surface area contributed by atoms with Gasteiger partial charge in [-0.25, -0.2) is 0 Å². The fourth-order valence-electron chi connectivity index (χ4n) is 5.74. The highest BCUT2D eigenvalue weighted by molar-refractivity contribution is 5.69. The molecule has 4 nitrogen and oxygen atoms in total. The molecule has 0 N–H and O–H groups in total. The van der Waals surface area contributed by atoms with Gasteiger partial charge in [-0.15, -0.1) is 0 Å². The molecule has 0 aliphatic heterocycles. The fraction of sp³-hybridized carbons (Fsp3) is 0.952. The lowest BCUT2D eigenvalue weighted by Gasteiger charge is -2.06. The second kappa shape index (κ2) is 42.0. The van der Waals surface area contributed by atoms with Gasteiger partial charge < -0.3 is 9.47 Å². The maximum Gasteiger partial charge on any atom is 0.305 e. The van der Waals surface area contributed by atoms with Gasteiger partial charge in [-0.3, -0.25) is 9.59 Å². The van der Waals surface area contributed by atoms with E-state index in [1.54, 1.807) is 0 Å². The first kappa shape index (κ1) is 47.1. The Labute approximate surface area is 289 Å². The number of unbranched alkanes of at least 4 members (excludes halogenated alkanes) is 25. The normalized spacial score (nSPS) is 11.0. The molecule has 0 saturated carbocycles.